The van der Waals surface area contributed by atoms with Crippen LogP contribution >= 0.6 is 0 Å². The molecule has 0 aliphatic carbocycles. The first-order valence-corrected chi connectivity index (χ1v) is 7.40. The van der Waals surface area contributed by atoms with E-state index in [1.165, 1.54) is 7.11 Å². The van der Waals surface area contributed by atoms with Crippen molar-refractivity contribution in [1.82, 2.24) is 9.88 Å². The van der Waals surface area contributed by atoms with E-state index in [4.69, 9.17) is 0 Å². The van der Waals surface area contributed by atoms with Gasteiger partial charge in [0, 0.05) is 30.8 Å². The van der Waals surface area contributed by atoms with E-state index in [0.717, 1.165) is 5.56 Å². The highest BCUT2D eigenvalue weighted by molar-refractivity contribution is 5.90. The third-order valence-corrected chi connectivity index (χ3v) is 3.64. The van der Waals surface area contributed by atoms with Gasteiger partial charge < -0.3 is 15.0 Å². The highest BCUT2D eigenvalue weighted by atomic mass is 16.5. The van der Waals surface area contributed by atoms with Crippen molar-refractivity contribution in [3.8, 4) is 0 Å². The first-order valence-electron chi connectivity index (χ1n) is 7.40. The Labute approximate surface area is 140 Å². The summed E-state index contributed by atoms with van der Waals surface area (Å²) in [7, 11) is 3.02. The van der Waals surface area contributed by atoms with Crippen molar-refractivity contribution in [2.75, 3.05) is 24.8 Å². The summed E-state index contributed by atoms with van der Waals surface area (Å²) in [6.07, 6.45) is 2.89. The smallest absolute Gasteiger partial charge is 0.411 e. The van der Waals surface area contributed by atoms with E-state index in [0.29, 0.717) is 11.4 Å². The third kappa shape index (κ3) is 4.45. The van der Waals surface area contributed by atoms with Crippen LogP contribution in [0.15, 0.2) is 48.8 Å². The molecule has 0 spiro atoms. The van der Waals surface area contributed by atoms with Crippen LogP contribution in [0.1, 0.15) is 18.5 Å². The largest absolute Gasteiger partial charge is 0.453 e. The van der Waals surface area contributed by atoms with Crippen molar-refractivity contribution in [2.45, 2.75) is 13.0 Å². The van der Waals surface area contributed by atoms with Crippen molar-refractivity contribution in [3.63, 3.8) is 0 Å². The zero-order chi connectivity index (χ0) is 17.5. The zero-order valence-corrected chi connectivity index (χ0v) is 13.8. The van der Waals surface area contributed by atoms with Crippen LogP contribution in [-0.4, -0.2) is 36.2 Å². The zero-order valence-electron chi connectivity index (χ0n) is 13.8. The number of amides is 3. The summed E-state index contributed by atoms with van der Waals surface area (Å²) >= 11 is 0. The number of carbonyl (C=O) groups is 2. The van der Waals surface area contributed by atoms with E-state index in [1.54, 1.807) is 48.6 Å². The minimum atomic E-state index is -0.545. The van der Waals surface area contributed by atoms with Crippen LogP contribution in [0.5, 0.6) is 0 Å². The summed E-state index contributed by atoms with van der Waals surface area (Å²) in [5, 5.41) is 5.35. The number of anilines is 2. The Kier molecular flexibility index (Phi) is 5.73. The molecule has 1 aromatic heterocycles. The number of hydrogen-bond acceptors (Lipinski definition) is 4. The van der Waals surface area contributed by atoms with Crippen LogP contribution < -0.4 is 10.6 Å². The van der Waals surface area contributed by atoms with Gasteiger partial charge in [0.2, 0.25) is 0 Å². The third-order valence-electron chi connectivity index (χ3n) is 3.64. The number of benzene rings is 1. The minimum Gasteiger partial charge on any atom is -0.453 e. The van der Waals surface area contributed by atoms with E-state index in [9.17, 15) is 9.59 Å². The van der Waals surface area contributed by atoms with Crippen molar-refractivity contribution in [3.05, 3.63) is 54.4 Å². The normalized spacial score (nSPS) is 11.3. The maximum Gasteiger partial charge on any atom is 0.411 e. The number of methoxy groups -OCH3 is 1. The van der Waals surface area contributed by atoms with Crippen LogP contribution in [0.25, 0.3) is 0 Å². The number of pyridine rings is 1. The molecule has 3 amide bonds. The standard InChI is InChI=1S/C17H20N4O3/c1-12(13-5-4-10-18-11-13)21(2)16(22)19-14-6-8-15(9-7-14)20-17(23)24-3/h4-12H,1-3H3,(H,19,22)(H,20,23). The first kappa shape index (κ1) is 17.3. The summed E-state index contributed by atoms with van der Waals surface area (Å²) < 4.78 is 4.52. The van der Waals surface area contributed by atoms with Gasteiger partial charge in [0.1, 0.15) is 0 Å². The average molecular weight is 328 g/mol. The molecule has 1 heterocycles. The summed E-state index contributed by atoms with van der Waals surface area (Å²) in [6, 6.07) is 10.2. The predicted octanol–water partition coefficient (Wildman–Crippen LogP) is 3.48. The SMILES string of the molecule is COC(=O)Nc1ccc(NC(=O)N(C)C(C)c2cccnc2)cc1. The molecule has 24 heavy (non-hydrogen) atoms. The van der Waals surface area contributed by atoms with Crippen molar-refractivity contribution >= 4 is 23.5 Å². The van der Waals surface area contributed by atoms with Crippen LogP contribution in [0.4, 0.5) is 21.0 Å². The van der Waals surface area contributed by atoms with E-state index >= 15 is 0 Å². The molecule has 0 radical (unpaired) electrons. The van der Waals surface area contributed by atoms with Gasteiger partial charge in [-0.05, 0) is 42.8 Å². The van der Waals surface area contributed by atoms with E-state index in [2.05, 4.69) is 20.4 Å². The second-order valence-corrected chi connectivity index (χ2v) is 5.20. The highest BCUT2D eigenvalue weighted by Crippen LogP contribution is 2.19. The minimum absolute atomic E-state index is 0.112. The molecule has 0 saturated carbocycles. The monoisotopic (exact) mass is 328 g/mol. The van der Waals surface area contributed by atoms with Gasteiger partial charge in [0.05, 0.1) is 13.2 Å². The molecular weight excluding hydrogens is 308 g/mol. The lowest BCUT2D eigenvalue weighted by Gasteiger charge is -2.25. The second kappa shape index (κ2) is 7.96. The van der Waals surface area contributed by atoms with E-state index < -0.39 is 6.09 Å². The molecule has 126 valence electrons. The van der Waals surface area contributed by atoms with Gasteiger partial charge in [-0.25, -0.2) is 9.59 Å². The van der Waals surface area contributed by atoms with Crippen LogP contribution in [-0.2, 0) is 4.74 Å². The summed E-state index contributed by atoms with van der Waals surface area (Å²) in [5.41, 5.74) is 2.16. The van der Waals surface area contributed by atoms with Gasteiger partial charge in [-0.3, -0.25) is 10.3 Å². The van der Waals surface area contributed by atoms with Gasteiger partial charge in [-0.2, -0.15) is 0 Å². The quantitative estimate of drug-likeness (QED) is 0.900. The van der Waals surface area contributed by atoms with Crippen molar-refractivity contribution < 1.29 is 14.3 Å². The molecule has 0 fully saturated rings. The van der Waals surface area contributed by atoms with Gasteiger partial charge >= 0.3 is 12.1 Å². The molecule has 0 saturated heterocycles. The van der Waals surface area contributed by atoms with Crippen molar-refractivity contribution in [2.24, 2.45) is 0 Å². The Balaban J connectivity index is 1.97. The first-order chi connectivity index (χ1) is 11.5. The summed E-state index contributed by atoms with van der Waals surface area (Å²) in [6.45, 7) is 1.93. The topological polar surface area (TPSA) is 83.6 Å². The number of nitrogens with zero attached hydrogens (tertiary/aromatic N) is 2. The number of ether oxygens (including phenoxy) is 1. The molecule has 7 nitrogen and oxygen atoms in total. The molecule has 1 atom stereocenters. The van der Waals surface area contributed by atoms with E-state index in [-0.39, 0.29) is 12.1 Å². The molecule has 1 aromatic carbocycles. The Bertz CT molecular complexity index is 689. The summed E-state index contributed by atoms with van der Waals surface area (Å²) in [4.78, 5) is 29.1. The van der Waals surface area contributed by atoms with Crippen LogP contribution in [0.3, 0.4) is 0 Å². The van der Waals surface area contributed by atoms with Gasteiger partial charge in [-0.15, -0.1) is 0 Å². The van der Waals surface area contributed by atoms with Crippen LogP contribution in [0, 0.1) is 0 Å². The fourth-order valence-corrected chi connectivity index (χ4v) is 2.04. The van der Waals surface area contributed by atoms with Crippen LogP contribution in [0.2, 0.25) is 0 Å². The lowest BCUT2D eigenvalue weighted by atomic mass is 10.1. The highest BCUT2D eigenvalue weighted by Gasteiger charge is 2.17. The molecular formula is C17H20N4O3. The molecule has 1 unspecified atom stereocenters. The number of nitrogens with one attached hydrogen (secondary N) is 2. The molecule has 0 aliphatic rings. The molecule has 0 aliphatic heterocycles. The Morgan fingerprint density at radius 1 is 1.12 bits per heavy atom. The lowest BCUT2D eigenvalue weighted by molar-refractivity contribution is 0.187. The van der Waals surface area contributed by atoms with Crippen molar-refractivity contribution in [1.29, 1.82) is 0 Å². The number of urea groups is 1. The number of carbonyl (C=O) groups excluding carboxylic acids is 2. The molecule has 2 aromatic rings. The Morgan fingerprint density at radius 3 is 2.29 bits per heavy atom. The fourth-order valence-electron chi connectivity index (χ4n) is 2.04. The number of aromatic nitrogens is 1. The fraction of sp³-hybridized carbons (Fsp3) is 0.235. The Morgan fingerprint density at radius 2 is 1.75 bits per heavy atom. The predicted molar refractivity (Wildman–Crippen MR) is 91.9 cm³/mol. The molecule has 0 bridgehead atoms. The lowest BCUT2D eigenvalue weighted by Crippen LogP contribution is -2.33. The molecule has 7 heteroatoms. The summed E-state index contributed by atoms with van der Waals surface area (Å²) in [5.74, 6) is 0. The molecule has 2 rings (SSSR count). The Hall–Kier alpha value is -3.09. The maximum atomic E-state index is 12.3. The number of hydrogen-bond donors (Lipinski definition) is 2. The second-order valence-electron chi connectivity index (χ2n) is 5.20. The maximum absolute atomic E-state index is 12.3. The molecule has 2 N–H and O–H groups in total. The average Bonchev–Trinajstić information content (AvgIpc) is 2.62. The van der Waals surface area contributed by atoms with E-state index in [1.807, 2.05) is 19.1 Å². The van der Waals surface area contributed by atoms with Gasteiger partial charge in [0.25, 0.3) is 0 Å². The number of rotatable bonds is 4. The van der Waals surface area contributed by atoms with Gasteiger partial charge in [-0.1, -0.05) is 6.07 Å². The van der Waals surface area contributed by atoms with Gasteiger partial charge in [0.15, 0.2) is 0 Å².